The van der Waals surface area contributed by atoms with Crippen LogP contribution in [0.4, 0.5) is 0 Å². The van der Waals surface area contributed by atoms with Crippen LogP contribution in [-0.2, 0) is 17.9 Å². The molecular weight excluding hydrogens is 312 g/mol. The highest BCUT2D eigenvalue weighted by molar-refractivity contribution is 5.33. The number of nitrogens with zero attached hydrogens (tertiary/aromatic N) is 1. The first kappa shape index (κ1) is 17.9. The summed E-state index contributed by atoms with van der Waals surface area (Å²) in [5.41, 5.74) is 2.40. The van der Waals surface area contributed by atoms with Crippen LogP contribution in [0.25, 0.3) is 0 Å². The highest BCUT2D eigenvalue weighted by Gasteiger charge is 2.09. The van der Waals surface area contributed by atoms with E-state index in [9.17, 15) is 0 Å². The number of hydrogen-bond acceptors (Lipinski definition) is 4. The van der Waals surface area contributed by atoms with Gasteiger partial charge in [0.05, 0.1) is 13.2 Å². The van der Waals surface area contributed by atoms with Crippen LogP contribution in [0.15, 0.2) is 54.6 Å². The Labute approximate surface area is 150 Å². The Morgan fingerprint density at radius 3 is 2.56 bits per heavy atom. The van der Waals surface area contributed by atoms with Crippen molar-refractivity contribution in [2.24, 2.45) is 0 Å². The van der Waals surface area contributed by atoms with E-state index in [1.54, 1.807) is 0 Å². The third-order valence-electron chi connectivity index (χ3n) is 4.46. The molecule has 0 aliphatic carbocycles. The van der Waals surface area contributed by atoms with Gasteiger partial charge in [-0.05, 0) is 31.1 Å². The fourth-order valence-electron chi connectivity index (χ4n) is 3.00. The molecule has 0 radical (unpaired) electrons. The maximum Gasteiger partial charge on any atom is 0.124 e. The van der Waals surface area contributed by atoms with Gasteiger partial charge in [0.2, 0.25) is 0 Å². The Balaban J connectivity index is 1.39. The number of benzene rings is 2. The van der Waals surface area contributed by atoms with Gasteiger partial charge in [-0.3, -0.25) is 4.90 Å². The maximum absolute atomic E-state index is 6.01. The summed E-state index contributed by atoms with van der Waals surface area (Å²) in [4.78, 5) is 2.47. The summed E-state index contributed by atoms with van der Waals surface area (Å²) < 4.78 is 11.4. The Kier molecular flexibility index (Phi) is 7.31. The van der Waals surface area contributed by atoms with Crippen molar-refractivity contribution in [2.75, 3.05) is 39.4 Å². The standard InChI is InChI=1S/C21H28N2O2/c1-2-7-19(8-3-1)18-25-21-10-5-4-9-20(21)17-22-11-6-12-23-13-15-24-16-14-23/h1-5,7-10,22H,6,11-18H2. The molecule has 4 nitrogen and oxygen atoms in total. The largest absolute Gasteiger partial charge is 0.489 e. The number of ether oxygens (including phenoxy) is 2. The lowest BCUT2D eigenvalue weighted by Crippen LogP contribution is -2.37. The lowest BCUT2D eigenvalue weighted by Gasteiger charge is -2.26. The fourth-order valence-corrected chi connectivity index (χ4v) is 3.00. The van der Waals surface area contributed by atoms with Gasteiger partial charge < -0.3 is 14.8 Å². The molecule has 0 aromatic heterocycles. The molecule has 4 heteroatoms. The summed E-state index contributed by atoms with van der Waals surface area (Å²) in [6.07, 6.45) is 1.16. The topological polar surface area (TPSA) is 33.7 Å². The minimum atomic E-state index is 0.606. The van der Waals surface area contributed by atoms with E-state index < -0.39 is 0 Å². The number of hydrogen-bond donors (Lipinski definition) is 1. The summed E-state index contributed by atoms with van der Waals surface area (Å²) in [5, 5.41) is 3.54. The van der Waals surface area contributed by atoms with E-state index in [2.05, 4.69) is 34.5 Å². The molecule has 1 fully saturated rings. The lowest BCUT2D eigenvalue weighted by molar-refractivity contribution is 0.0374. The first-order valence-electron chi connectivity index (χ1n) is 9.17. The molecular formula is C21H28N2O2. The molecule has 3 rings (SSSR count). The molecule has 1 aliphatic heterocycles. The number of rotatable bonds is 9. The molecule has 2 aromatic rings. The zero-order valence-electron chi connectivity index (χ0n) is 14.8. The summed E-state index contributed by atoms with van der Waals surface area (Å²) in [7, 11) is 0. The Hall–Kier alpha value is -1.88. The van der Waals surface area contributed by atoms with Gasteiger partial charge in [-0.15, -0.1) is 0 Å². The summed E-state index contributed by atoms with van der Waals surface area (Å²) in [6, 6.07) is 18.6. The van der Waals surface area contributed by atoms with Crippen molar-refractivity contribution < 1.29 is 9.47 Å². The predicted octanol–water partition coefficient (Wildman–Crippen LogP) is 3.08. The average molecular weight is 340 g/mol. The van der Waals surface area contributed by atoms with Gasteiger partial charge in [0.1, 0.15) is 12.4 Å². The summed E-state index contributed by atoms with van der Waals surface area (Å²) in [5.74, 6) is 0.965. The SMILES string of the molecule is c1ccc(COc2ccccc2CNCCCN2CCOCC2)cc1. The van der Waals surface area contributed by atoms with E-state index in [0.29, 0.717) is 6.61 Å². The quantitative estimate of drug-likeness (QED) is 0.711. The second kappa shape index (κ2) is 10.2. The summed E-state index contributed by atoms with van der Waals surface area (Å²) in [6.45, 7) is 7.49. The molecule has 0 bridgehead atoms. The normalized spacial score (nSPS) is 15.2. The van der Waals surface area contributed by atoms with Gasteiger partial charge in [-0.25, -0.2) is 0 Å². The molecule has 1 N–H and O–H groups in total. The average Bonchev–Trinajstić information content (AvgIpc) is 2.68. The van der Waals surface area contributed by atoms with Crippen LogP contribution >= 0.6 is 0 Å². The Morgan fingerprint density at radius 1 is 0.960 bits per heavy atom. The van der Waals surface area contributed by atoms with Crippen LogP contribution in [-0.4, -0.2) is 44.3 Å². The second-order valence-electron chi connectivity index (χ2n) is 6.37. The van der Waals surface area contributed by atoms with Crippen molar-refractivity contribution in [3.05, 3.63) is 65.7 Å². The van der Waals surface area contributed by atoms with Crippen LogP contribution in [0, 0.1) is 0 Å². The van der Waals surface area contributed by atoms with Gasteiger partial charge in [0.15, 0.2) is 0 Å². The van der Waals surface area contributed by atoms with E-state index in [0.717, 1.165) is 58.1 Å². The molecule has 1 aliphatic rings. The lowest BCUT2D eigenvalue weighted by atomic mass is 10.2. The van der Waals surface area contributed by atoms with Crippen LogP contribution in [0.3, 0.4) is 0 Å². The van der Waals surface area contributed by atoms with Crippen LogP contribution < -0.4 is 10.1 Å². The van der Waals surface area contributed by atoms with Crippen molar-refractivity contribution in [1.29, 1.82) is 0 Å². The third kappa shape index (κ3) is 6.16. The molecule has 0 atom stereocenters. The maximum atomic E-state index is 6.01. The van der Waals surface area contributed by atoms with Crippen LogP contribution in [0.5, 0.6) is 5.75 Å². The van der Waals surface area contributed by atoms with Crippen molar-refractivity contribution in [2.45, 2.75) is 19.6 Å². The zero-order chi connectivity index (χ0) is 17.2. The van der Waals surface area contributed by atoms with Gasteiger partial charge >= 0.3 is 0 Å². The third-order valence-corrected chi connectivity index (χ3v) is 4.46. The summed E-state index contributed by atoms with van der Waals surface area (Å²) >= 11 is 0. The first-order valence-corrected chi connectivity index (χ1v) is 9.17. The monoisotopic (exact) mass is 340 g/mol. The minimum Gasteiger partial charge on any atom is -0.489 e. The second-order valence-corrected chi connectivity index (χ2v) is 6.37. The number of nitrogens with one attached hydrogen (secondary N) is 1. The van der Waals surface area contributed by atoms with Crippen LogP contribution in [0.1, 0.15) is 17.5 Å². The molecule has 0 spiro atoms. The fraction of sp³-hybridized carbons (Fsp3) is 0.429. The molecule has 1 heterocycles. The number of morpholine rings is 1. The molecule has 0 unspecified atom stereocenters. The molecule has 1 saturated heterocycles. The van der Waals surface area contributed by atoms with E-state index in [1.165, 1.54) is 11.1 Å². The van der Waals surface area contributed by atoms with Crippen molar-refractivity contribution in [1.82, 2.24) is 10.2 Å². The molecule has 2 aromatic carbocycles. The Morgan fingerprint density at radius 2 is 1.72 bits per heavy atom. The minimum absolute atomic E-state index is 0.606. The van der Waals surface area contributed by atoms with Crippen molar-refractivity contribution >= 4 is 0 Å². The highest BCUT2D eigenvalue weighted by atomic mass is 16.5. The Bertz CT molecular complexity index is 612. The van der Waals surface area contributed by atoms with E-state index in [1.807, 2.05) is 30.3 Å². The molecule has 0 amide bonds. The van der Waals surface area contributed by atoms with Crippen molar-refractivity contribution in [3.8, 4) is 5.75 Å². The first-order chi connectivity index (χ1) is 12.4. The van der Waals surface area contributed by atoms with Crippen LogP contribution in [0.2, 0.25) is 0 Å². The molecule has 0 saturated carbocycles. The predicted molar refractivity (Wildman–Crippen MR) is 101 cm³/mol. The van der Waals surface area contributed by atoms with Gasteiger partial charge in [-0.2, -0.15) is 0 Å². The molecule has 134 valence electrons. The van der Waals surface area contributed by atoms with Gasteiger partial charge in [0.25, 0.3) is 0 Å². The van der Waals surface area contributed by atoms with E-state index in [-0.39, 0.29) is 0 Å². The van der Waals surface area contributed by atoms with Gasteiger partial charge in [0, 0.05) is 25.2 Å². The van der Waals surface area contributed by atoms with E-state index >= 15 is 0 Å². The molecule has 25 heavy (non-hydrogen) atoms. The number of para-hydroxylation sites is 1. The highest BCUT2D eigenvalue weighted by Crippen LogP contribution is 2.19. The van der Waals surface area contributed by atoms with Crippen molar-refractivity contribution in [3.63, 3.8) is 0 Å². The zero-order valence-corrected chi connectivity index (χ0v) is 14.8. The van der Waals surface area contributed by atoms with E-state index in [4.69, 9.17) is 9.47 Å². The van der Waals surface area contributed by atoms with Gasteiger partial charge in [-0.1, -0.05) is 48.5 Å². The smallest absolute Gasteiger partial charge is 0.124 e.